The molecule has 5 heteroatoms. The van der Waals surface area contributed by atoms with Gasteiger partial charge in [0.25, 0.3) is 0 Å². The Kier molecular flexibility index (Phi) is 5.52. The molecule has 0 saturated carbocycles. The molecule has 22 heavy (non-hydrogen) atoms. The molecule has 0 spiro atoms. The minimum absolute atomic E-state index is 0.163. The van der Waals surface area contributed by atoms with E-state index in [0.29, 0.717) is 10.1 Å². The highest BCUT2D eigenvalue weighted by molar-refractivity contribution is 7.80. The summed E-state index contributed by atoms with van der Waals surface area (Å²) in [6.07, 6.45) is 0.256. The highest BCUT2D eigenvalue weighted by atomic mass is 35.5. The van der Waals surface area contributed by atoms with Gasteiger partial charge in [-0.25, -0.2) is 0 Å². The average molecular weight is 333 g/mol. The number of aryl methyl sites for hydroxylation is 2. The molecule has 0 aromatic heterocycles. The van der Waals surface area contributed by atoms with Gasteiger partial charge in [0, 0.05) is 10.7 Å². The summed E-state index contributed by atoms with van der Waals surface area (Å²) >= 11 is 11.0. The minimum Gasteiger partial charge on any atom is -0.332 e. The van der Waals surface area contributed by atoms with E-state index in [-0.39, 0.29) is 12.3 Å². The van der Waals surface area contributed by atoms with Crippen LogP contribution in [0.3, 0.4) is 0 Å². The van der Waals surface area contributed by atoms with Crippen LogP contribution in [0.4, 0.5) is 5.69 Å². The number of hydrogen-bond acceptors (Lipinski definition) is 2. The van der Waals surface area contributed by atoms with Crippen molar-refractivity contribution >= 4 is 40.5 Å². The molecule has 3 nitrogen and oxygen atoms in total. The molecule has 114 valence electrons. The summed E-state index contributed by atoms with van der Waals surface area (Å²) in [6.45, 7) is 4.08. The maximum atomic E-state index is 11.9. The van der Waals surface area contributed by atoms with E-state index in [2.05, 4.69) is 10.6 Å². The Labute approximate surface area is 140 Å². The van der Waals surface area contributed by atoms with Gasteiger partial charge in [-0.1, -0.05) is 29.8 Å². The van der Waals surface area contributed by atoms with E-state index in [4.69, 9.17) is 23.8 Å². The van der Waals surface area contributed by atoms with Gasteiger partial charge < -0.3 is 10.6 Å². The highest BCUT2D eigenvalue weighted by Gasteiger charge is 2.06. The second-order valence-electron chi connectivity index (χ2n) is 5.10. The van der Waals surface area contributed by atoms with Crippen LogP contribution in [0.25, 0.3) is 0 Å². The molecule has 0 bridgehead atoms. The molecule has 0 atom stereocenters. The predicted octanol–water partition coefficient (Wildman–Crippen LogP) is 4.01. The van der Waals surface area contributed by atoms with Crippen molar-refractivity contribution in [1.82, 2.24) is 5.32 Å². The Morgan fingerprint density at radius 3 is 2.41 bits per heavy atom. The fourth-order valence-electron chi connectivity index (χ4n) is 1.94. The summed E-state index contributed by atoms with van der Waals surface area (Å²) in [6, 6.07) is 13.1. The SMILES string of the molecule is Cc1ccc(NC(=S)NC(=O)Cc2ccc(Cl)cc2)cc1C. The summed E-state index contributed by atoms with van der Waals surface area (Å²) in [5.74, 6) is -0.163. The van der Waals surface area contributed by atoms with Crippen molar-refractivity contribution < 1.29 is 4.79 Å². The summed E-state index contributed by atoms with van der Waals surface area (Å²) < 4.78 is 0. The maximum Gasteiger partial charge on any atom is 0.230 e. The quantitative estimate of drug-likeness (QED) is 0.834. The van der Waals surface area contributed by atoms with Crippen molar-refractivity contribution in [3.63, 3.8) is 0 Å². The molecule has 2 N–H and O–H groups in total. The van der Waals surface area contributed by atoms with Gasteiger partial charge in [-0.3, -0.25) is 4.79 Å². The van der Waals surface area contributed by atoms with Gasteiger partial charge in [0.1, 0.15) is 0 Å². The molecule has 0 heterocycles. The normalized spacial score (nSPS) is 10.1. The summed E-state index contributed by atoms with van der Waals surface area (Å²) in [4.78, 5) is 11.9. The minimum atomic E-state index is -0.163. The van der Waals surface area contributed by atoms with Gasteiger partial charge in [0.2, 0.25) is 5.91 Å². The first kappa shape index (κ1) is 16.5. The standard InChI is InChI=1S/C17H17ClN2OS/c1-11-3-8-15(9-12(11)2)19-17(22)20-16(21)10-13-4-6-14(18)7-5-13/h3-9H,10H2,1-2H3,(H2,19,20,21,22). The molecular weight excluding hydrogens is 316 g/mol. The van der Waals surface area contributed by atoms with E-state index in [1.54, 1.807) is 12.1 Å². The Hall–Kier alpha value is -1.91. The van der Waals surface area contributed by atoms with Crippen molar-refractivity contribution in [3.05, 3.63) is 64.2 Å². The summed E-state index contributed by atoms with van der Waals surface area (Å²) in [5, 5.41) is 6.63. The van der Waals surface area contributed by atoms with Crippen LogP contribution in [-0.4, -0.2) is 11.0 Å². The van der Waals surface area contributed by atoms with E-state index in [0.717, 1.165) is 11.3 Å². The molecule has 0 fully saturated rings. The zero-order chi connectivity index (χ0) is 16.1. The van der Waals surface area contributed by atoms with Gasteiger partial charge in [-0.2, -0.15) is 0 Å². The second kappa shape index (κ2) is 7.38. The molecule has 2 rings (SSSR count). The third-order valence-corrected chi connectivity index (χ3v) is 3.75. The Morgan fingerprint density at radius 1 is 1.09 bits per heavy atom. The van der Waals surface area contributed by atoms with Crippen LogP contribution in [0.2, 0.25) is 5.02 Å². The number of rotatable bonds is 3. The van der Waals surface area contributed by atoms with Crippen molar-refractivity contribution in [1.29, 1.82) is 0 Å². The molecule has 0 unspecified atom stereocenters. The topological polar surface area (TPSA) is 41.1 Å². The molecule has 0 saturated heterocycles. The van der Waals surface area contributed by atoms with E-state index >= 15 is 0 Å². The lowest BCUT2D eigenvalue weighted by Gasteiger charge is -2.11. The molecule has 2 aromatic carbocycles. The van der Waals surface area contributed by atoms with Crippen molar-refractivity contribution in [2.24, 2.45) is 0 Å². The number of amides is 1. The molecular formula is C17H17ClN2OS. The number of nitrogens with one attached hydrogen (secondary N) is 2. The molecule has 0 radical (unpaired) electrons. The van der Waals surface area contributed by atoms with Gasteiger partial charge >= 0.3 is 0 Å². The summed E-state index contributed by atoms with van der Waals surface area (Å²) in [5.41, 5.74) is 4.12. The lowest BCUT2D eigenvalue weighted by Crippen LogP contribution is -2.35. The monoisotopic (exact) mass is 332 g/mol. The molecule has 1 amide bonds. The van der Waals surface area contributed by atoms with Gasteiger partial charge in [0.15, 0.2) is 5.11 Å². The Morgan fingerprint density at radius 2 is 1.77 bits per heavy atom. The molecule has 2 aromatic rings. The van der Waals surface area contributed by atoms with Crippen molar-refractivity contribution in [2.45, 2.75) is 20.3 Å². The van der Waals surface area contributed by atoms with Crippen LogP contribution in [0.5, 0.6) is 0 Å². The summed E-state index contributed by atoms with van der Waals surface area (Å²) in [7, 11) is 0. The van der Waals surface area contributed by atoms with E-state index in [1.807, 2.05) is 44.2 Å². The number of carbonyl (C=O) groups is 1. The van der Waals surface area contributed by atoms with E-state index in [1.165, 1.54) is 11.1 Å². The fourth-order valence-corrected chi connectivity index (χ4v) is 2.30. The molecule has 0 aliphatic carbocycles. The van der Waals surface area contributed by atoms with Crippen molar-refractivity contribution in [3.8, 4) is 0 Å². The number of carbonyl (C=O) groups excluding carboxylic acids is 1. The van der Waals surface area contributed by atoms with Gasteiger partial charge in [-0.15, -0.1) is 0 Å². The maximum absolute atomic E-state index is 11.9. The first-order chi connectivity index (χ1) is 10.4. The van der Waals surface area contributed by atoms with Crippen molar-refractivity contribution in [2.75, 3.05) is 5.32 Å². The molecule has 0 aliphatic rings. The Balaban J connectivity index is 1.89. The lowest BCUT2D eigenvalue weighted by molar-refractivity contribution is -0.119. The number of benzene rings is 2. The lowest BCUT2D eigenvalue weighted by atomic mass is 10.1. The molecule has 0 aliphatic heterocycles. The van der Waals surface area contributed by atoms with Crippen LogP contribution in [-0.2, 0) is 11.2 Å². The third kappa shape index (κ3) is 4.83. The number of hydrogen-bond donors (Lipinski definition) is 2. The highest BCUT2D eigenvalue weighted by Crippen LogP contribution is 2.14. The first-order valence-corrected chi connectivity index (χ1v) is 7.65. The fraction of sp³-hybridized carbons (Fsp3) is 0.176. The van der Waals surface area contributed by atoms with Gasteiger partial charge in [0.05, 0.1) is 6.42 Å². The van der Waals surface area contributed by atoms with Crippen LogP contribution < -0.4 is 10.6 Å². The zero-order valence-electron chi connectivity index (χ0n) is 12.4. The number of thiocarbonyl (C=S) groups is 1. The van der Waals surface area contributed by atoms with Crippen LogP contribution in [0, 0.1) is 13.8 Å². The predicted molar refractivity (Wildman–Crippen MR) is 95.4 cm³/mol. The van der Waals surface area contributed by atoms with Crippen LogP contribution in [0.1, 0.15) is 16.7 Å². The Bertz CT molecular complexity index is 698. The first-order valence-electron chi connectivity index (χ1n) is 6.86. The zero-order valence-corrected chi connectivity index (χ0v) is 14.0. The van der Waals surface area contributed by atoms with E-state index in [9.17, 15) is 4.79 Å². The van der Waals surface area contributed by atoms with Gasteiger partial charge in [-0.05, 0) is 67.0 Å². The second-order valence-corrected chi connectivity index (χ2v) is 5.95. The number of anilines is 1. The number of halogens is 1. The third-order valence-electron chi connectivity index (χ3n) is 3.30. The average Bonchev–Trinajstić information content (AvgIpc) is 2.45. The largest absolute Gasteiger partial charge is 0.332 e. The smallest absolute Gasteiger partial charge is 0.230 e. The van der Waals surface area contributed by atoms with E-state index < -0.39 is 0 Å². The van der Waals surface area contributed by atoms with Crippen LogP contribution >= 0.6 is 23.8 Å². The van der Waals surface area contributed by atoms with Crippen LogP contribution in [0.15, 0.2) is 42.5 Å².